The quantitative estimate of drug-likeness (QED) is 0.892. The number of benzene rings is 1. The molecule has 2 aromatic rings. The molecule has 1 aromatic heterocycles. The molecule has 0 saturated carbocycles. The summed E-state index contributed by atoms with van der Waals surface area (Å²) < 4.78 is 0. The lowest BCUT2D eigenvalue weighted by Gasteiger charge is -2.20. The van der Waals surface area contributed by atoms with E-state index < -0.39 is 0 Å². The van der Waals surface area contributed by atoms with Crippen LogP contribution in [0.2, 0.25) is 0 Å². The van der Waals surface area contributed by atoms with Gasteiger partial charge in [0.2, 0.25) is 0 Å². The van der Waals surface area contributed by atoms with Crippen molar-refractivity contribution >= 4 is 11.3 Å². The van der Waals surface area contributed by atoms with Crippen LogP contribution < -0.4 is 5.32 Å². The predicted octanol–water partition coefficient (Wildman–Crippen LogP) is 4.17. The van der Waals surface area contributed by atoms with Crippen LogP contribution in [0.3, 0.4) is 0 Å². The zero-order valence-corrected chi connectivity index (χ0v) is 12.2. The molecular formula is C15H20N2S. The zero-order valence-electron chi connectivity index (χ0n) is 11.4. The third-order valence-electron chi connectivity index (χ3n) is 3.24. The molecule has 3 heteroatoms. The Bertz CT molecular complexity index is 519. The predicted molar refractivity (Wildman–Crippen MR) is 78.0 cm³/mol. The minimum Gasteiger partial charge on any atom is -0.302 e. The maximum atomic E-state index is 4.54. The van der Waals surface area contributed by atoms with Crippen LogP contribution in [0.4, 0.5) is 0 Å². The van der Waals surface area contributed by atoms with Crippen LogP contribution in [-0.4, -0.2) is 4.98 Å². The van der Waals surface area contributed by atoms with E-state index in [9.17, 15) is 0 Å². The van der Waals surface area contributed by atoms with Gasteiger partial charge in [0, 0.05) is 17.5 Å². The Kier molecular flexibility index (Phi) is 4.15. The van der Waals surface area contributed by atoms with Crippen molar-refractivity contribution in [2.45, 2.75) is 39.8 Å². The van der Waals surface area contributed by atoms with Gasteiger partial charge in [0.05, 0.1) is 10.7 Å². The normalized spacial score (nSPS) is 14.4. The Balaban J connectivity index is 2.08. The summed E-state index contributed by atoms with van der Waals surface area (Å²) in [6, 6.07) is 9.14. The maximum absolute atomic E-state index is 4.54. The summed E-state index contributed by atoms with van der Waals surface area (Å²) in [7, 11) is 0. The number of nitrogens with zero attached hydrogens (tertiary/aromatic N) is 1. The summed E-state index contributed by atoms with van der Waals surface area (Å²) >= 11 is 1.71. The van der Waals surface area contributed by atoms with Crippen LogP contribution in [0.25, 0.3) is 0 Å². The molecule has 1 N–H and O–H groups in total. The number of aromatic nitrogens is 1. The van der Waals surface area contributed by atoms with Crippen LogP contribution >= 0.6 is 11.3 Å². The van der Waals surface area contributed by atoms with Crippen LogP contribution in [0.15, 0.2) is 29.6 Å². The van der Waals surface area contributed by atoms with Crippen LogP contribution in [0, 0.1) is 13.8 Å². The molecule has 0 aliphatic rings. The van der Waals surface area contributed by atoms with Gasteiger partial charge in [-0.25, -0.2) is 4.98 Å². The Morgan fingerprint density at radius 1 is 1.11 bits per heavy atom. The van der Waals surface area contributed by atoms with E-state index in [0.29, 0.717) is 6.04 Å². The van der Waals surface area contributed by atoms with Gasteiger partial charge in [0.15, 0.2) is 0 Å². The van der Waals surface area contributed by atoms with Gasteiger partial charge in [-0.3, -0.25) is 0 Å². The molecule has 18 heavy (non-hydrogen) atoms. The Labute approximate surface area is 113 Å². The van der Waals surface area contributed by atoms with Crippen molar-refractivity contribution in [3.63, 3.8) is 0 Å². The van der Waals surface area contributed by atoms with Gasteiger partial charge < -0.3 is 5.32 Å². The minimum absolute atomic E-state index is 0.282. The Morgan fingerprint density at radius 3 is 2.44 bits per heavy atom. The number of hydrogen-bond donors (Lipinski definition) is 1. The molecule has 1 heterocycles. The molecule has 0 amide bonds. The number of nitrogens with one attached hydrogen (secondary N) is 1. The van der Waals surface area contributed by atoms with Crippen molar-refractivity contribution in [3.8, 4) is 0 Å². The second kappa shape index (κ2) is 5.63. The summed E-state index contributed by atoms with van der Waals surface area (Å²) in [6.45, 7) is 8.58. The first-order valence-electron chi connectivity index (χ1n) is 6.31. The molecule has 0 bridgehead atoms. The molecule has 2 rings (SSSR count). The van der Waals surface area contributed by atoms with Gasteiger partial charge in [0.25, 0.3) is 0 Å². The smallest absolute Gasteiger partial charge is 0.0898 e. The van der Waals surface area contributed by atoms with Gasteiger partial charge >= 0.3 is 0 Å². The highest BCUT2D eigenvalue weighted by molar-refractivity contribution is 7.09. The lowest BCUT2D eigenvalue weighted by atomic mass is 10.0. The van der Waals surface area contributed by atoms with E-state index in [2.05, 4.69) is 60.7 Å². The van der Waals surface area contributed by atoms with Crippen LogP contribution in [0.5, 0.6) is 0 Å². The van der Waals surface area contributed by atoms with Crippen molar-refractivity contribution in [1.29, 1.82) is 0 Å². The van der Waals surface area contributed by atoms with Gasteiger partial charge in [-0.15, -0.1) is 11.3 Å². The van der Waals surface area contributed by atoms with Gasteiger partial charge in [-0.2, -0.15) is 0 Å². The molecule has 1 unspecified atom stereocenters. The van der Waals surface area contributed by atoms with Gasteiger partial charge in [-0.05, 0) is 38.8 Å². The highest BCUT2D eigenvalue weighted by Gasteiger charge is 2.14. The first kappa shape index (κ1) is 13.2. The Morgan fingerprint density at radius 2 is 1.83 bits per heavy atom. The molecule has 0 aliphatic heterocycles. The van der Waals surface area contributed by atoms with E-state index in [4.69, 9.17) is 0 Å². The van der Waals surface area contributed by atoms with E-state index in [0.717, 1.165) is 10.7 Å². The summed E-state index contributed by atoms with van der Waals surface area (Å²) in [5.74, 6) is 0. The number of aryl methyl sites for hydroxylation is 2. The summed E-state index contributed by atoms with van der Waals surface area (Å²) in [5.41, 5.74) is 3.83. The maximum Gasteiger partial charge on any atom is 0.0898 e. The van der Waals surface area contributed by atoms with E-state index in [1.807, 2.05) is 6.92 Å². The molecule has 0 aliphatic carbocycles. The second-order valence-corrected chi connectivity index (χ2v) is 5.82. The van der Waals surface area contributed by atoms with E-state index in [1.54, 1.807) is 11.3 Å². The molecule has 0 saturated heterocycles. The van der Waals surface area contributed by atoms with Crippen LogP contribution in [-0.2, 0) is 0 Å². The summed E-state index contributed by atoms with van der Waals surface area (Å²) in [6.07, 6.45) is 0. The largest absolute Gasteiger partial charge is 0.302 e. The first-order chi connectivity index (χ1) is 8.58. The minimum atomic E-state index is 0.282. The van der Waals surface area contributed by atoms with Crippen molar-refractivity contribution in [3.05, 3.63) is 51.5 Å². The second-order valence-electron chi connectivity index (χ2n) is 4.76. The van der Waals surface area contributed by atoms with Crippen LogP contribution in [0.1, 0.15) is 47.8 Å². The van der Waals surface area contributed by atoms with Gasteiger partial charge in [-0.1, -0.05) is 24.3 Å². The zero-order chi connectivity index (χ0) is 13.1. The van der Waals surface area contributed by atoms with Gasteiger partial charge in [0.1, 0.15) is 0 Å². The fourth-order valence-electron chi connectivity index (χ4n) is 2.20. The SMILES string of the molecule is Cc1nc(C(C)N[C@H](C)c2ccccc2C)cs1. The molecule has 2 nitrogen and oxygen atoms in total. The third kappa shape index (κ3) is 2.98. The summed E-state index contributed by atoms with van der Waals surface area (Å²) in [4.78, 5) is 4.54. The first-order valence-corrected chi connectivity index (χ1v) is 7.19. The third-order valence-corrected chi connectivity index (χ3v) is 4.03. The average molecular weight is 260 g/mol. The monoisotopic (exact) mass is 260 g/mol. The molecule has 0 fully saturated rings. The molecule has 0 spiro atoms. The fraction of sp³-hybridized carbons (Fsp3) is 0.400. The van der Waals surface area contributed by atoms with E-state index in [1.165, 1.54) is 11.1 Å². The van der Waals surface area contributed by atoms with E-state index in [-0.39, 0.29) is 6.04 Å². The molecule has 0 radical (unpaired) electrons. The summed E-state index contributed by atoms with van der Waals surface area (Å²) in [5, 5.41) is 6.87. The molecule has 96 valence electrons. The Hall–Kier alpha value is -1.19. The average Bonchev–Trinajstić information content (AvgIpc) is 2.76. The lowest BCUT2D eigenvalue weighted by molar-refractivity contribution is 0.486. The fourth-order valence-corrected chi connectivity index (χ4v) is 2.91. The topological polar surface area (TPSA) is 24.9 Å². The highest BCUT2D eigenvalue weighted by Crippen LogP contribution is 2.22. The number of thiazole rings is 1. The van der Waals surface area contributed by atoms with E-state index >= 15 is 0 Å². The van der Waals surface area contributed by atoms with Crippen molar-refractivity contribution in [2.75, 3.05) is 0 Å². The molecule has 2 atom stereocenters. The van der Waals surface area contributed by atoms with Crippen molar-refractivity contribution in [1.82, 2.24) is 10.3 Å². The lowest BCUT2D eigenvalue weighted by Crippen LogP contribution is -2.23. The molecule has 1 aromatic carbocycles. The number of hydrogen-bond acceptors (Lipinski definition) is 3. The number of rotatable bonds is 4. The standard InChI is InChI=1S/C15H20N2S/c1-10-7-5-6-8-14(10)11(2)16-12(3)15-9-18-13(4)17-15/h5-9,11-12,16H,1-4H3/t11-,12?/m1/s1. The van der Waals surface area contributed by atoms with Crippen molar-refractivity contribution in [2.24, 2.45) is 0 Å². The molecular weight excluding hydrogens is 240 g/mol. The highest BCUT2D eigenvalue weighted by atomic mass is 32.1. The van der Waals surface area contributed by atoms with Crippen molar-refractivity contribution < 1.29 is 0 Å².